The number of hydrogen-bond donors (Lipinski definition) is 1. The van der Waals surface area contributed by atoms with Crippen LogP contribution < -0.4 is 5.32 Å². The van der Waals surface area contributed by atoms with E-state index >= 15 is 0 Å². The Balaban J connectivity index is 1.90. The Kier molecular flexibility index (Phi) is 5.45. The minimum atomic E-state index is -0.102. The highest BCUT2D eigenvalue weighted by Gasteiger charge is 2.15. The SMILES string of the molecule is Cc1ccc(S[C@@H](C)C(=O)NCc2ccccc2)c(C)c1. The fraction of sp³-hybridized carbons (Fsp3) is 0.278. The summed E-state index contributed by atoms with van der Waals surface area (Å²) >= 11 is 1.61. The molecule has 0 heterocycles. The van der Waals surface area contributed by atoms with Gasteiger partial charge in [-0.1, -0.05) is 48.0 Å². The van der Waals surface area contributed by atoms with E-state index in [1.54, 1.807) is 11.8 Å². The van der Waals surface area contributed by atoms with Crippen LogP contribution >= 0.6 is 11.8 Å². The van der Waals surface area contributed by atoms with Crippen molar-refractivity contribution in [2.75, 3.05) is 0 Å². The number of benzene rings is 2. The molecule has 0 aliphatic rings. The van der Waals surface area contributed by atoms with Crippen LogP contribution in [0.4, 0.5) is 0 Å². The molecule has 2 aromatic carbocycles. The van der Waals surface area contributed by atoms with Gasteiger partial charge in [0.15, 0.2) is 0 Å². The molecule has 0 aliphatic carbocycles. The number of thioether (sulfide) groups is 1. The van der Waals surface area contributed by atoms with Crippen LogP contribution in [0.1, 0.15) is 23.6 Å². The van der Waals surface area contributed by atoms with E-state index < -0.39 is 0 Å². The molecule has 2 rings (SSSR count). The average Bonchev–Trinajstić information content (AvgIpc) is 2.48. The second-order valence-corrected chi connectivity index (χ2v) is 6.62. The summed E-state index contributed by atoms with van der Waals surface area (Å²) in [4.78, 5) is 13.3. The van der Waals surface area contributed by atoms with E-state index in [-0.39, 0.29) is 11.2 Å². The molecular weight excluding hydrogens is 278 g/mol. The monoisotopic (exact) mass is 299 g/mol. The van der Waals surface area contributed by atoms with Crippen LogP contribution in [-0.2, 0) is 11.3 Å². The van der Waals surface area contributed by atoms with Crippen LogP contribution in [0, 0.1) is 13.8 Å². The lowest BCUT2D eigenvalue weighted by molar-refractivity contribution is -0.120. The van der Waals surface area contributed by atoms with Crippen LogP contribution in [0.2, 0.25) is 0 Å². The summed E-state index contributed by atoms with van der Waals surface area (Å²) in [6.07, 6.45) is 0. The number of carbonyl (C=O) groups is 1. The third-order valence-electron chi connectivity index (χ3n) is 3.31. The van der Waals surface area contributed by atoms with Crippen molar-refractivity contribution in [3.8, 4) is 0 Å². The van der Waals surface area contributed by atoms with Gasteiger partial charge in [-0.3, -0.25) is 4.79 Å². The number of carbonyl (C=O) groups excluding carboxylic acids is 1. The zero-order chi connectivity index (χ0) is 15.2. The van der Waals surface area contributed by atoms with Gasteiger partial charge < -0.3 is 5.32 Å². The van der Waals surface area contributed by atoms with Gasteiger partial charge in [-0.05, 0) is 38.0 Å². The zero-order valence-corrected chi connectivity index (χ0v) is 13.5. The highest BCUT2D eigenvalue weighted by Crippen LogP contribution is 2.27. The lowest BCUT2D eigenvalue weighted by Gasteiger charge is -2.14. The topological polar surface area (TPSA) is 29.1 Å². The van der Waals surface area contributed by atoms with E-state index in [1.807, 2.05) is 37.3 Å². The maximum absolute atomic E-state index is 12.2. The van der Waals surface area contributed by atoms with Crippen molar-refractivity contribution in [3.05, 3.63) is 65.2 Å². The molecule has 0 spiro atoms. The highest BCUT2D eigenvalue weighted by atomic mass is 32.2. The molecule has 0 saturated carbocycles. The fourth-order valence-corrected chi connectivity index (χ4v) is 3.07. The van der Waals surface area contributed by atoms with Gasteiger partial charge in [0.05, 0.1) is 5.25 Å². The van der Waals surface area contributed by atoms with Crippen LogP contribution in [0.25, 0.3) is 0 Å². The summed E-state index contributed by atoms with van der Waals surface area (Å²) in [5.41, 5.74) is 3.59. The second kappa shape index (κ2) is 7.32. The first-order valence-corrected chi connectivity index (χ1v) is 8.00. The summed E-state index contributed by atoms with van der Waals surface area (Å²) in [5.74, 6) is 0.0730. The smallest absolute Gasteiger partial charge is 0.233 e. The van der Waals surface area contributed by atoms with Crippen LogP contribution in [0.5, 0.6) is 0 Å². The predicted molar refractivity (Wildman–Crippen MR) is 89.5 cm³/mol. The van der Waals surface area contributed by atoms with Gasteiger partial charge in [0.2, 0.25) is 5.91 Å². The molecule has 0 unspecified atom stereocenters. The first-order chi connectivity index (χ1) is 10.1. The van der Waals surface area contributed by atoms with Gasteiger partial charge in [-0.2, -0.15) is 0 Å². The molecule has 1 N–H and O–H groups in total. The number of nitrogens with one attached hydrogen (secondary N) is 1. The van der Waals surface area contributed by atoms with E-state index in [2.05, 4.69) is 37.4 Å². The second-order valence-electron chi connectivity index (χ2n) is 5.23. The summed E-state index contributed by atoms with van der Waals surface area (Å²) in [7, 11) is 0. The van der Waals surface area contributed by atoms with Gasteiger partial charge in [0.25, 0.3) is 0 Å². The van der Waals surface area contributed by atoms with E-state index in [9.17, 15) is 4.79 Å². The van der Waals surface area contributed by atoms with Gasteiger partial charge in [0.1, 0.15) is 0 Å². The molecule has 1 amide bonds. The Labute approximate surface area is 131 Å². The molecule has 1 atom stereocenters. The Morgan fingerprint density at radius 1 is 1.14 bits per heavy atom. The normalized spacial score (nSPS) is 12.0. The van der Waals surface area contributed by atoms with Crippen molar-refractivity contribution in [1.29, 1.82) is 0 Å². The molecular formula is C18H21NOS. The van der Waals surface area contributed by atoms with E-state index in [0.717, 1.165) is 5.56 Å². The lowest BCUT2D eigenvalue weighted by Crippen LogP contribution is -2.30. The average molecular weight is 299 g/mol. The van der Waals surface area contributed by atoms with Crippen molar-refractivity contribution < 1.29 is 4.79 Å². The number of rotatable bonds is 5. The van der Waals surface area contributed by atoms with Crippen molar-refractivity contribution in [2.45, 2.75) is 37.5 Å². The summed E-state index contributed by atoms with van der Waals surface area (Å²) in [6, 6.07) is 16.3. The predicted octanol–water partition coefficient (Wildman–Crippen LogP) is 4.10. The van der Waals surface area contributed by atoms with Gasteiger partial charge in [0, 0.05) is 11.4 Å². The Morgan fingerprint density at radius 3 is 2.52 bits per heavy atom. The summed E-state index contributed by atoms with van der Waals surface area (Å²) in [6.45, 7) is 6.70. The third kappa shape index (κ3) is 4.64. The van der Waals surface area contributed by atoms with Crippen molar-refractivity contribution in [1.82, 2.24) is 5.32 Å². The fourth-order valence-electron chi connectivity index (χ4n) is 2.10. The number of hydrogen-bond acceptors (Lipinski definition) is 2. The van der Waals surface area contributed by atoms with E-state index in [4.69, 9.17) is 0 Å². The highest BCUT2D eigenvalue weighted by molar-refractivity contribution is 8.00. The molecule has 3 heteroatoms. The Bertz CT molecular complexity index is 610. The van der Waals surface area contributed by atoms with Crippen molar-refractivity contribution in [2.24, 2.45) is 0 Å². The molecule has 0 bridgehead atoms. The van der Waals surface area contributed by atoms with Crippen LogP contribution in [0.15, 0.2) is 53.4 Å². The molecule has 2 aromatic rings. The maximum Gasteiger partial charge on any atom is 0.233 e. The third-order valence-corrected chi connectivity index (χ3v) is 4.59. The minimum absolute atomic E-state index is 0.0730. The van der Waals surface area contributed by atoms with E-state index in [0.29, 0.717) is 6.54 Å². The first kappa shape index (κ1) is 15.6. The van der Waals surface area contributed by atoms with Gasteiger partial charge in [-0.25, -0.2) is 0 Å². The molecule has 0 fully saturated rings. The molecule has 0 radical (unpaired) electrons. The van der Waals surface area contributed by atoms with Crippen LogP contribution in [0.3, 0.4) is 0 Å². The van der Waals surface area contributed by atoms with Gasteiger partial charge >= 0.3 is 0 Å². The summed E-state index contributed by atoms with van der Waals surface area (Å²) in [5, 5.41) is 2.89. The molecule has 21 heavy (non-hydrogen) atoms. The molecule has 110 valence electrons. The van der Waals surface area contributed by atoms with Crippen molar-refractivity contribution in [3.63, 3.8) is 0 Å². The molecule has 0 aliphatic heterocycles. The van der Waals surface area contributed by atoms with E-state index in [1.165, 1.54) is 16.0 Å². The largest absolute Gasteiger partial charge is 0.351 e. The number of amides is 1. The molecule has 2 nitrogen and oxygen atoms in total. The van der Waals surface area contributed by atoms with Crippen LogP contribution in [-0.4, -0.2) is 11.2 Å². The zero-order valence-electron chi connectivity index (χ0n) is 12.7. The maximum atomic E-state index is 12.2. The van der Waals surface area contributed by atoms with Gasteiger partial charge in [-0.15, -0.1) is 11.8 Å². The van der Waals surface area contributed by atoms with Crippen molar-refractivity contribution >= 4 is 17.7 Å². The molecule has 0 aromatic heterocycles. The Morgan fingerprint density at radius 2 is 1.86 bits per heavy atom. The Hall–Kier alpha value is -1.74. The quantitative estimate of drug-likeness (QED) is 0.842. The first-order valence-electron chi connectivity index (χ1n) is 7.12. The number of aryl methyl sites for hydroxylation is 2. The minimum Gasteiger partial charge on any atom is -0.351 e. The summed E-state index contributed by atoms with van der Waals surface area (Å²) < 4.78 is 0. The standard InChI is InChI=1S/C18H21NOS/c1-13-9-10-17(14(2)11-13)21-15(3)18(20)19-12-16-7-5-4-6-8-16/h4-11,15H,12H2,1-3H3,(H,19,20)/t15-/m0/s1. The lowest BCUT2D eigenvalue weighted by atomic mass is 10.2. The molecule has 0 saturated heterocycles.